The van der Waals surface area contributed by atoms with E-state index in [1.54, 1.807) is 6.33 Å². The minimum Gasteiger partial charge on any atom is -0.310 e. The van der Waals surface area contributed by atoms with Gasteiger partial charge >= 0.3 is 0 Å². The molecule has 1 N–H and O–H groups in total. The first-order valence-corrected chi connectivity index (χ1v) is 6.96. The second kappa shape index (κ2) is 5.52. The van der Waals surface area contributed by atoms with Gasteiger partial charge in [-0.3, -0.25) is 4.68 Å². The zero-order chi connectivity index (χ0) is 13.1. The third kappa shape index (κ3) is 3.20. The van der Waals surface area contributed by atoms with Gasteiger partial charge in [0.15, 0.2) is 0 Å². The SMILES string of the molecule is CCCn1ncnc1Cn1cc(CNC2CC2)cn1. The van der Waals surface area contributed by atoms with Gasteiger partial charge < -0.3 is 5.32 Å². The van der Waals surface area contributed by atoms with E-state index in [-0.39, 0.29) is 0 Å². The second-order valence-electron chi connectivity index (χ2n) is 5.10. The van der Waals surface area contributed by atoms with Crippen LogP contribution in [-0.4, -0.2) is 30.6 Å². The lowest BCUT2D eigenvalue weighted by Crippen LogP contribution is -2.14. The van der Waals surface area contributed by atoms with Crippen LogP contribution < -0.4 is 5.32 Å². The third-order valence-electron chi connectivity index (χ3n) is 3.29. The molecule has 0 unspecified atom stereocenters. The highest BCUT2D eigenvalue weighted by molar-refractivity contribution is 5.05. The Morgan fingerprint density at radius 1 is 1.37 bits per heavy atom. The maximum absolute atomic E-state index is 4.39. The summed E-state index contributed by atoms with van der Waals surface area (Å²) in [5.41, 5.74) is 1.23. The molecule has 0 aliphatic heterocycles. The number of nitrogens with zero attached hydrogens (tertiary/aromatic N) is 5. The van der Waals surface area contributed by atoms with Crippen molar-refractivity contribution in [3.63, 3.8) is 0 Å². The summed E-state index contributed by atoms with van der Waals surface area (Å²) in [6.07, 6.45) is 9.31. The van der Waals surface area contributed by atoms with Crippen molar-refractivity contribution < 1.29 is 0 Å². The van der Waals surface area contributed by atoms with Crippen molar-refractivity contribution in [2.75, 3.05) is 0 Å². The normalized spacial score (nSPS) is 15.0. The largest absolute Gasteiger partial charge is 0.310 e. The number of hydrogen-bond acceptors (Lipinski definition) is 4. The first-order valence-electron chi connectivity index (χ1n) is 6.96. The summed E-state index contributed by atoms with van der Waals surface area (Å²) >= 11 is 0. The van der Waals surface area contributed by atoms with Crippen molar-refractivity contribution in [1.29, 1.82) is 0 Å². The standard InChI is InChI=1S/C13H20N6/c1-2-5-19-13(15-10-17-19)9-18-8-11(7-16-18)6-14-12-3-4-12/h7-8,10,12,14H,2-6,9H2,1H3. The number of nitrogens with one attached hydrogen (secondary N) is 1. The molecule has 1 saturated carbocycles. The van der Waals surface area contributed by atoms with Crippen molar-refractivity contribution in [2.45, 2.75) is 51.9 Å². The minimum absolute atomic E-state index is 0.684. The van der Waals surface area contributed by atoms with Crippen molar-refractivity contribution in [3.05, 3.63) is 30.1 Å². The Morgan fingerprint density at radius 3 is 3.05 bits per heavy atom. The van der Waals surface area contributed by atoms with E-state index < -0.39 is 0 Å². The lowest BCUT2D eigenvalue weighted by molar-refractivity contribution is 0.539. The van der Waals surface area contributed by atoms with Crippen LogP contribution in [-0.2, 0) is 19.6 Å². The van der Waals surface area contributed by atoms with Crippen molar-refractivity contribution in [3.8, 4) is 0 Å². The van der Waals surface area contributed by atoms with Crippen LogP contribution >= 0.6 is 0 Å². The fraction of sp³-hybridized carbons (Fsp3) is 0.615. The fourth-order valence-corrected chi connectivity index (χ4v) is 2.09. The topological polar surface area (TPSA) is 60.6 Å². The van der Waals surface area contributed by atoms with Gasteiger partial charge in [-0.25, -0.2) is 9.67 Å². The zero-order valence-electron chi connectivity index (χ0n) is 11.3. The summed E-state index contributed by atoms with van der Waals surface area (Å²) in [4.78, 5) is 4.30. The average Bonchev–Trinajstić information content (AvgIpc) is 2.98. The first kappa shape index (κ1) is 12.3. The molecule has 0 saturated heterocycles. The summed E-state index contributed by atoms with van der Waals surface area (Å²) in [5, 5.41) is 12.1. The quantitative estimate of drug-likeness (QED) is 0.812. The second-order valence-corrected chi connectivity index (χ2v) is 5.10. The highest BCUT2D eigenvalue weighted by atomic mass is 15.4. The van der Waals surface area contributed by atoms with E-state index in [9.17, 15) is 0 Å². The molecule has 2 heterocycles. The van der Waals surface area contributed by atoms with E-state index in [0.717, 1.165) is 31.4 Å². The first-order chi connectivity index (χ1) is 9.35. The molecule has 2 aromatic heterocycles. The molecule has 0 amide bonds. The van der Waals surface area contributed by atoms with Crippen LogP contribution in [0.5, 0.6) is 0 Å². The minimum atomic E-state index is 0.684. The molecular formula is C13H20N6. The van der Waals surface area contributed by atoms with Gasteiger partial charge in [-0.1, -0.05) is 6.92 Å². The molecule has 1 aliphatic carbocycles. The van der Waals surface area contributed by atoms with Crippen LogP contribution in [0, 0.1) is 0 Å². The molecule has 0 bridgehead atoms. The third-order valence-corrected chi connectivity index (χ3v) is 3.29. The van der Waals surface area contributed by atoms with Gasteiger partial charge in [0.2, 0.25) is 0 Å². The molecule has 0 atom stereocenters. The Hall–Kier alpha value is -1.69. The predicted molar refractivity (Wildman–Crippen MR) is 71.5 cm³/mol. The molecule has 1 aliphatic rings. The molecule has 0 spiro atoms. The fourth-order valence-electron chi connectivity index (χ4n) is 2.09. The van der Waals surface area contributed by atoms with Crippen LogP contribution in [0.2, 0.25) is 0 Å². The Kier molecular flexibility index (Phi) is 3.59. The zero-order valence-corrected chi connectivity index (χ0v) is 11.3. The van der Waals surface area contributed by atoms with Crippen LogP contribution in [0.1, 0.15) is 37.6 Å². The van der Waals surface area contributed by atoms with E-state index >= 15 is 0 Å². The van der Waals surface area contributed by atoms with Crippen LogP contribution in [0.25, 0.3) is 0 Å². The van der Waals surface area contributed by atoms with Crippen molar-refractivity contribution >= 4 is 0 Å². The van der Waals surface area contributed by atoms with E-state index in [1.807, 2.05) is 15.6 Å². The van der Waals surface area contributed by atoms with Gasteiger partial charge in [0.05, 0.1) is 6.20 Å². The smallest absolute Gasteiger partial charge is 0.148 e. The lowest BCUT2D eigenvalue weighted by Gasteiger charge is -2.04. The molecule has 0 radical (unpaired) electrons. The Balaban J connectivity index is 1.60. The molecule has 2 aromatic rings. The summed E-state index contributed by atoms with van der Waals surface area (Å²) in [6.45, 7) is 4.64. The number of rotatable bonds is 7. The van der Waals surface area contributed by atoms with Gasteiger partial charge in [0.25, 0.3) is 0 Å². The number of hydrogen-bond donors (Lipinski definition) is 1. The Labute approximate surface area is 112 Å². The van der Waals surface area contributed by atoms with Crippen LogP contribution in [0.3, 0.4) is 0 Å². The Bertz CT molecular complexity index is 525. The van der Waals surface area contributed by atoms with Crippen LogP contribution in [0.4, 0.5) is 0 Å². The summed E-state index contributed by atoms with van der Waals surface area (Å²) in [5.74, 6) is 0.964. The molecule has 19 heavy (non-hydrogen) atoms. The molecule has 3 rings (SSSR count). The maximum atomic E-state index is 4.39. The highest BCUT2D eigenvalue weighted by Crippen LogP contribution is 2.19. The van der Waals surface area contributed by atoms with Crippen LogP contribution in [0.15, 0.2) is 18.7 Å². The summed E-state index contributed by atoms with van der Waals surface area (Å²) in [6, 6.07) is 0.732. The summed E-state index contributed by atoms with van der Waals surface area (Å²) in [7, 11) is 0. The van der Waals surface area contributed by atoms with Gasteiger partial charge in [0.1, 0.15) is 18.7 Å². The van der Waals surface area contributed by atoms with E-state index in [4.69, 9.17) is 0 Å². The van der Waals surface area contributed by atoms with Crippen molar-refractivity contribution in [2.24, 2.45) is 0 Å². The predicted octanol–water partition coefficient (Wildman–Crippen LogP) is 1.18. The number of aromatic nitrogens is 5. The maximum Gasteiger partial charge on any atom is 0.148 e. The van der Waals surface area contributed by atoms with E-state index in [2.05, 4.69) is 33.6 Å². The molecule has 102 valence electrons. The molecular weight excluding hydrogens is 240 g/mol. The number of aryl methyl sites for hydroxylation is 1. The van der Waals surface area contributed by atoms with E-state index in [1.165, 1.54) is 18.4 Å². The van der Waals surface area contributed by atoms with E-state index in [0.29, 0.717) is 6.54 Å². The average molecular weight is 260 g/mol. The molecule has 6 nitrogen and oxygen atoms in total. The van der Waals surface area contributed by atoms with Gasteiger partial charge in [-0.15, -0.1) is 0 Å². The van der Waals surface area contributed by atoms with Crippen molar-refractivity contribution in [1.82, 2.24) is 29.9 Å². The highest BCUT2D eigenvalue weighted by Gasteiger charge is 2.20. The lowest BCUT2D eigenvalue weighted by atomic mass is 10.3. The van der Waals surface area contributed by atoms with Gasteiger partial charge in [-0.05, 0) is 19.3 Å². The molecule has 6 heteroatoms. The summed E-state index contributed by atoms with van der Waals surface area (Å²) < 4.78 is 3.88. The van der Waals surface area contributed by atoms with Gasteiger partial charge in [-0.2, -0.15) is 10.2 Å². The molecule has 0 aromatic carbocycles. The molecule has 1 fully saturated rings. The monoisotopic (exact) mass is 260 g/mol. The Morgan fingerprint density at radius 2 is 2.26 bits per heavy atom. The van der Waals surface area contributed by atoms with Gasteiger partial charge in [0, 0.05) is 30.9 Å².